The highest BCUT2D eigenvalue weighted by Gasteiger charge is 2.18. The lowest BCUT2D eigenvalue weighted by molar-refractivity contribution is 0.0766. The van der Waals surface area contributed by atoms with Gasteiger partial charge in [-0.3, -0.25) is 9.78 Å². The number of aromatic nitrogens is 1. The molecule has 2 rings (SSSR count). The number of carbonyl (C=O) groups is 1. The monoisotopic (exact) mass is 347 g/mol. The third-order valence-corrected chi connectivity index (χ3v) is 4.61. The maximum atomic E-state index is 12.7. The van der Waals surface area contributed by atoms with Gasteiger partial charge >= 0.3 is 0 Å². The molecule has 1 aromatic heterocycles. The number of nitrogens with two attached hydrogens (primary N) is 1. The number of benzene rings is 1. The molecule has 0 aliphatic carbocycles. The van der Waals surface area contributed by atoms with Crippen LogP contribution in [0, 0.1) is 6.92 Å². The van der Waals surface area contributed by atoms with Crippen LogP contribution in [0.3, 0.4) is 0 Å². The molecular formula is C17H21N3O3S. The van der Waals surface area contributed by atoms with E-state index in [1.165, 1.54) is 12.1 Å². The van der Waals surface area contributed by atoms with Crippen molar-refractivity contribution in [2.24, 2.45) is 5.14 Å². The summed E-state index contributed by atoms with van der Waals surface area (Å²) in [6, 6.07) is 8.28. The number of hydrogen-bond donors (Lipinski definition) is 1. The highest BCUT2D eigenvalue weighted by molar-refractivity contribution is 7.89. The fourth-order valence-corrected chi connectivity index (χ4v) is 3.08. The lowest BCUT2D eigenvalue weighted by atomic mass is 10.1. The first-order valence-electron chi connectivity index (χ1n) is 7.64. The van der Waals surface area contributed by atoms with Crippen molar-refractivity contribution in [3.63, 3.8) is 0 Å². The second-order valence-electron chi connectivity index (χ2n) is 5.57. The summed E-state index contributed by atoms with van der Waals surface area (Å²) >= 11 is 0. The summed E-state index contributed by atoms with van der Waals surface area (Å²) in [4.78, 5) is 18.3. The van der Waals surface area contributed by atoms with Gasteiger partial charge in [0.25, 0.3) is 5.91 Å². The SMILES string of the molecule is CCN(CCc1ccncc1)C(=O)c1cc(C)cc(S(N)(=O)=O)c1. The van der Waals surface area contributed by atoms with E-state index in [1.54, 1.807) is 30.3 Å². The van der Waals surface area contributed by atoms with Crippen molar-refractivity contribution in [2.75, 3.05) is 13.1 Å². The molecule has 2 N–H and O–H groups in total. The maximum absolute atomic E-state index is 12.7. The van der Waals surface area contributed by atoms with Crippen LogP contribution in [0.2, 0.25) is 0 Å². The quantitative estimate of drug-likeness (QED) is 0.861. The van der Waals surface area contributed by atoms with Gasteiger partial charge in [0.2, 0.25) is 10.0 Å². The van der Waals surface area contributed by atoms with Crippen LogP contribution in [-0.4, -0.2) is 37.3 Å². The van der Waals surface area contributed by atoms with Gasteiger partial charge in [-0.15, -0.1) is 0 Å². The van der Waals surface area contributed by atoms with Crippen LogP contribution in [0.5, 0.6) is 0 Å². The molecule has 0 atom stereocenters. The minimum absolute atomic E-state index is 0.0453. The molecule has 1 amide bonds. The Kier molecular flexibility index (Phi) is 5.69. The van der Waals surface area contributed by atoms with Crippen LogP contribution in [0.4, 0.5) is 0 Å². The minimum Gasteiger partial charge on any atom is -0.339 e. The number of carbonyl (C=O) groups excluding carboxylic acids is 1. The van der Waals surface area contributed by atoms with Crippen LogP contribution in [-0.2, 0) is 16.4 Å². The molecular weight excluding hydrogens is 326 g/mol. The first-order chi connectivity index (χ1) is 11.3. The Hall–Kier alpha value is -2.25. The highest BCUT2D eigenvalue weighted by Crippen LogP contribution is 2.16. The second kappa shape index (κ2) is 7.55. The zero-order valence-corrected chi connectivity index (χ0v) is 14.6. The molecule has 6 nitrogen and oxygen atoms in total. The molecule has 0 fully saturated rings. The van der Waals surface area contributed by atoms with Gasteiger partial charge in [-0.25, -0.2) is 13.6 Å². The third kappa shape index (κ3) is 4.62. The summed E-state index contributed by atoms with van der Waals surface area (Å²) in [5.41, 5.74) is 2.09. The van der Waals surface area contributed by atoms with E-state index in [9.17, 15) is 13.2 Å². The largest absolute Gasteiger partial charge is 0.339 e. The molecule has 2 aromatic rings. The van der Waals surface area contributed by atoms with Gasteiger partial charge in [-0.2, -0.15) is 0 Å². The average molecular weight is 347 g/mol. The summed E-state index contributed by atoms with van der Waals surface area (Å²) < 4.78 is 23.1. The molecule has 1 heterocycles. The van der Waals surface area contributed by atoms with E-state index in [2.05, 4.69) is 4.98 Å². The van der Waals surface area contributed by atoms with Gasteiger partial charge in [-0.1, -0.05) is 0 Å². The molecule has 0 bridgehead atoms. The second-order valence-corrected chi connectivity index (χ2v) is 7.13. The molecule has 0 spiro atoms. The predicted octanol–water partition coefficient (Wildman–Crippen LogP) is 1.74. The van der Waals surface area contributed by atoms with E-state index in [4.69, 9.17) is 5.14 Å². The fraction of sp³-hybridized carbons (Fsp3) is 0.294. The number of pyridine rings is 1. The van der Waals surface area contributed by atoms with Gasteiger partial charge in [-0.05, 0) is 61.7 Å². The standard InChI is InChI=1S/C17H21N3O3S/c1-3-20(9-6-14-4-7-19-8-5-14)17(21)15-10-13(2)11-16(12-15)24(18,22)23/h4-5,7-8,10-12H,3,6,9H2,1-2H3,(H2,18,22,23). The summed E-state index contributed by atoms with van der Waals surface area (Å²) in [7, 11) is -3.85. The molecule has 0 aliphatic heterocycles. The van der Waals surface area contributed by atoms with Gasteiger partial charge in [0.15, 0.2) is 0 Å². The van der Waals surface area contributed by atoms with E-state index >= 15 is 0 Å². The van der Waals surface area contributed by atoms with Crippen LogP contribution in [0.15, 0.2) is 47.6 Å². The first kappa shape index (κ1) is 18.1. The third-order valence-electron chi connectivity index (χ3n) is 3.72. The summed E-state index contributed by atoms with van der Waals surface area (Å²) in [5, 5.41) is 5.18. The lowest BCUT2D eigenvalue weighted by Gasteiger charge is -2.21. The zero-order valence-electron chi connectivity index (χ0n) is 13.8. The minimum atomic E-state index is -3.85. The van der Waals surface area contributed by atoms with Crippen molar-refractivity contribution in [1.29, 1.82) is 0 Å². The maximum Gasteiger partial charge on any atom is 0.253 e. The van der Waals surface area contributed by atoms with E-state index in [0.29, 0.717) is 30.6 Å². The van der Waals surface area contributed by atoms with Gasteiger partial charge < -0.3 is 4.90 Å². The molecule has 0 aliphatic rings. The lowest BCUT2D eigenvalue weighted by Crippen LogP contribution is -2.33. The Balaban J connectivity index is 2.20. The van der Waals surface area contributed by atoms with Crippen molar-refractivity contribution in [2.45, 2.75) is 25.2 Å². The van der Waals surface area contributed by atoms with Crippen molar-refractivity contribution >= 4 is 15.9 Å². The van der Waals surface area contributed by atoms with Crippen molar-refractivity contribution in [1.82, 2.24) is 9.88 Å². The fourth-order valence-electron chi connectivity index (χ4n) is 2.44. The van der Waals surface area contributed by atoms with Crippen LogP contribution in [0.25, 0.3) is 0 Å². The Morgan fingerprint density at radius 1 is 1.21 bits per heavy atom. The van der Waals surface area contributed by atoms with E-state index < -0.39 is 10.0 Å². The summed E-state index contributed by atoms with van der Waals surface area (Å²) in [5.74, 6) is -0.208. The zero-order chi connectivity index (χ0) is 17.7. The number of nitrogens with zero attached hydrogens (tertiary/aromatic N) is 2. The molecule has 24 heavy (non-hydrogen) atoms. The van der Waals surface area contributed by atoms with Crippen molar-refractivity contribution < 1.29 is 13.2 Å². The number of likely N-dealkylation sites (N-methyl/N-ethyl adjacent to an activating group) is 1. The first-order valence-corrected chi connectivity index (χ1v) is 9.18. The Bertz CT molecular complexity index is 820. The smallest absolute Gasteiger partial charge is 0.253 e. The van der Waals surface area contributed by atoms with Gasteiger partial charge in [0.05, 0.1) is 4.90 Å². The van der Waals surface area contributed by atoms with Crippen LogP contribution >= 0.6 is 0 Å². The number of rotatable bonds is 6. The molecule has 7 heteroatoms. The molecule has 1 aromatic carbocycles. The molecule has 0 saturated carbocycles. The Morgan fingerprint density at radius 2 is 1.88 bits per heavy atom. The van der Waals surface area contributed by atoms with Crippen LogP contribution < -0.4 is 5.14 Å². The topological polar surface area (TPSA) is 93.4 Å². The van der Waals surface area contributed by atoms with E-state index in [1.807, 2.05) is 19.1 Å². The number of aryl methyl sites for hydroxylation is 1. The highest BCUT2D eigenvalue weighted by atomic mass is 32.2. The predicted molar refractivity (Wildman–Crippen MR) is 92.1 cm³/mol. The molecule has 128 valence electrons. The van der Waals surface area contributed by atoms with Crippen LogP contribution in [0.1, 0.15) is 28.4 Å². The molecule has 0 unspecified atom stereocenters. The van der Waals surface area contributed by atoms with E-state index in [0.717, 1.165) is 5.56 Å². The summed E-state index contributed by atoms with van der Waals surface area (Å²) in [6.45, 7) is 4.69. The Morgan fingerprint density at radius 3 is 2.46 bits per heavy atom. The normalized spacial score (nSPS) is 11.3. The summed E-state index contributed by atoms with van der Waals surface area (Å²) in [6.07, 6.45) is 4.13. The van der Waals surface area contributed by atoms with Gasteiger partial charge in [0.1, 0.15) is 0 Å². The average Bonchev–Trinajstić information content (AvgIpc) is 2.55. The number of hydrogen-bond acceptors (Lipinski definition) is 4. The number of primary sulfonamides is 1. The van der Waals surface area contributed by atoms with E-state index in [-0.39, 0.29) is 10.8 Å². The molecule has 0 radical (unpaired) electrons. The number of amides is 1. The molecule has 0 saturated heterocycles. The van der Waals surface area contributed by atoms with Gasteiger partial charge in [0, 0.05) is 31.0 Å². The number of sulfonamides is 1. The Labute approximate surface area is 142 Å². The van der Waals surface area contributed by atoms with Crippen molar-refractivity contribution in [3.05, 3.63) is 59.4 Å². The van der Waals surface area contributed by atoms with Crippen molar-refractivity contribution in [3.8, 4) is 0 Å².